The molecule has 0 heterocycles. The van der Waals surface area contributed by atoms with E-state index in [2.05, 4.69) is 32.6 Å². The Morgan fingerprint density at radius 1 is 1.47 bits per heavy atom. The van der Waals surface area contributed by atoms with Crippen molar-refractivity contribution in [2.24, 2.45) is 0 Å². The Balaban J connectivity index is 2.63. The Bertz CT molecular complexity index is 506. The topological polar surface area (TPSA) is 64.9 Å². The normalized spacial score (nSPS) is 10.7. The Morgan fingerprint density at radius 2 is 2.16 bits per heavy atom. The molecule has 2 N–H and O–H groups in total. The van der Waals surface area contributed by atoms with Crippen LogP contribution in [0, 0.1) is 11.3 Å². The fourth-order valence-corrected chi connectivity index (χ4v) is 1.81. The van der Waals surface area contributed by atoms with Gasteiger partial charge in [0, 0.05) is 10.0 Å². The predicted molar refractivity (Wildman–Crippen MR) is 79.9 cm³/mol. The Hall–Kier alpha value is -1.54. The minimum absolute atomic E-state index is 0.0846. The highest BCUT2D eigenvalue weighted by molar-refractivity contribution is 9.10. The molecule has 1 amide bonds. The lowest BCUT2D eigenvalue weighted by Gasteiger charge is -2.24. The van der Waals surface area contributed by atoms with Gasteiger partial charge in [-0.3, -0.25) is 4.79 Å². The smallest absolute Gasteiger partial charge is 0.239 e. The summed E-state index contributed by atoms with van der Waals surface area (Å²) in [6.07, 6.45) is 0.862. The minimum Gasteiger partial charge on any atom is -0.375 e. The monoisotopic (exact) mass is 323 g/mol. The van der Waals surface area contributed by atoms with Gasteiger partial charge in [0.15, 0.2) is 0 Å². The molecule has 102 valence electrons. The lowest BCUT2D eigenvalue weighted by molar-refractivity contribution is -0.121. The van der Waals surface area contributed by atoms with Gasteiger partial charge < -0.3 is 10.6 Å². The molecule has 19 heavy (non-hydrogen) atoms. The number of rotatable bonds is 5. The van der Waals surface area contributed by atoms with Crippen LogP contribution in [0.3, 0.4) is 0 Å². The van der Waals surface area contributed by atoms with Crippen LogP contribution in [0.15, 0.2) is 22.7 Å². The molecule has 0 unspecified atom stereocenters. The summed E-state index contributed by atoms with van der Waals surface area (Å²) in [6.45, 7) is 6.13. The summed E-state index contributed by atoms with van der Waals surface area (Å²) in [5, 5.41) is 14.9. The third-order valence-electron chi connectivity index (χ3n) is 2.90. The second kappa shape index (κ2) is 6.58. The van der Waals surface area contributed by atoms with Gasteiger partial charge in [0.1, 0.15) is 6.07 Å². The summed E-state index contributed by atoms with van der Waals surface area (Å²) >= 11 is 3.31. The summed E-state index contributed by atoms with van der Waals surface area (Å²) in [6, 6.07) is 7.42. The molecule has 0 aliphatic rings. The highest BCUT2D eigenvalue weighted by Crippen LogP contribution is 2.20. The van der Waals surface area contributed by atoms with Crippen molar-refractivity contribution in [3.05, 3.63) is 28.2 Å². The zero-order valence-electron chi connectivity index (χ0n) is 11.4. The molecule has 0 bridgehead atoms. The van der Waals surface area contributed by atoms with Gasteiger partial charge in [-0.2, -0.15) is 5.26 Å². The molecule has 4 nitrogen and oxygen atoms in total. The molecule has 0 atom stereocenters. The second-order valence-electron chi connectivity index (χ2n) is 4.94. The highest BCUT2D eigenvalue weighted by Gasteiger charge is 2.17. The van der Waals surface area contributed by atoms with Gasteiger partial charge in [0.25, 0.3) is 0 Å². The predicted octanol–water partition coefficient (Wildman–Crippen LogP) is 3.04. The van der Waals surface area contributed by atoms with Gasteiger partial charge in [0.2, 0.25) is 5.91 Å². The summed E-state index contributed by atoms with van der Waals surface area (Å²) < 4.78 is 0.839. The van der Waals surface area contributed by atoms with Gasteiger partial charge >= 0.3 is 0 Å². The molecule has 0 saturated heterocycles. The summed E-state index contributed by atoms with van der Waals surface area (Å²) in [5.41, 5.74) is 0.961. The fraction of sp³-hybridized carbons (Fsp3) is 0.429. The molecule has 0 spiro atoms. The number of carbonyl (C=O) groups excluding carboxylic acids is 1. The number of anilines is 1. The highest BCUT2D eigenvalue weighted by atomic mass is 79.9. The summed E-state index contributed by atoms with van der Waals surface area (Å²) in [4.78, 5) is 11.8. The van der Waals surface area contributed by atoms with Crippen molar-refractivity contribution < 1.29 is 4.79 Å². The van der Waals surface area contributed by atoms with Crippen LogP contribution in [0.4, 0.5) is 5.69 Å². The van der Waals surface area contributed by atoms with Crippen molar-refractivity contribution in [3.8, 4) is 6.07 Å². The van der Waals surface area contributed by atoms with E-state index < -0.39 is 0 Å². The van der Waals surface area contributed by atoms with Gasteiger partial charge in [-0.05, 0) is 38.5 Å². The van der Waals surface area contributed by atoms with E-state index in [0.29, 0.717) is 11.3 Å². The maximum absolute atomic E-state index is 11.8. The van der Waals surface area contributed by atoms with Gasteiger partial charge in [-0.1, -0.05) is 22.9 Å². The van der Waals surface area contributed by atoms with Crippen LogP contribution >= 0.6 is 15.9 Å². The van der Waals surface area contributed by atoms with E-state index in [-0.39, 0.29) is 18.0 Å². The zero-order valence-corrected chi connectivity index (χ0v) is 13.0. The first-order chi connectivity index (χ1) is 8.88. The maximum Gasteiger partial charge on any atom is 0.239 e. The number of benzene rings is 1. The van der Waals surface area contributed by atoms with Crippen LogP contribution < -0.4 is 10.6 Å². The molecule has 0 radical (unpaired) electrons. The Kier molecular flexibility index (Phi) is 5.37. The standard InChI is InChI=1S/C14H18BrN3O/c1-4-14(2,3)18-13(19)9-17-12-6-5-11(15)7-10(12)8-16/h5-7,17H,4,9H2,1-3H3,(H,18,19). The third-order valence-corrected chi connectivity index (χ3v) is 3.40. The molecule has 0 saturated carbocycles. The maximum atomic E-state index is 11.8. The average molecular weight is 324 g/mol. The van der Waals surface area contributed by atoms with E-state index in [9.17, 15) is 4.79 Å². The molecule has 0 fully saturated rings. The molecule has 0 aliphatic carbocycles. The molecule has 0 aliphatic heterocycles. The third kappa shape index (κ3) is 4.92. The first kappa shape index (κ1) is 15.5. The van der Waals surface area contributed by atoms with E-state index >= 15 is 0 Å². The van der Waals surface area contributed by atoms with Crippen LogP contribution in [0.2, 0.25) is 0 Å². The van der Waals surface area contributed by atoms with E-state index in [4.69, 9.17) is 5.26 Å². The zero-order chi connectivity index (χ0) is 14.5. The first-order valence-corrected chi connectivity index (χ1v) is 6.92. The van der Waals surface area contributed by atoms with Crippen LogP contribution in [0.25, 0.3) is 0 Å². The summed E-state index contributed by atoms with van der Waals surface area (Å²) in [5.74, 6) is -0.0846. The average Bonchev–Trinajstić information content (AvgIpc) is 2.36. The first-order valence-electron chi connectivity index (χ1n) is 6.12. The van der Waals surface area contributed by atoms with Crippen LogP contribution in [-0.4, -0.2) is 18.0 Å². The van der Waals surface area contributed by atoms with Crippen molar-refractivity contribution >= 4 is 27.5 Å². The van der Waals surface area contributed by atoms with Crippen molar-refractivity contribution in [2.45, 2.75) is 32.7 Å². The van der Waals surface area contributed by atoms with Crippen LogP contribution in [0.1, 0.15) is 32.8 Å². The lowest BCUT2D eigenvalue weighted by atomic mass is 10.0. The molecule has 1 aromatic rings. The van der Waals surface area contributed by atoms with Gasteiger partial charge in [-0.15, -0.1) is 0 Å². The van der Waals surface area contributed by atoms with Crippen molar-refractivity contribution in [2.75, 3.05) is 11.9 Å². The molecule has 0 aromatic heterocycles. The molecule has 1 rings (SSSR count). The lowest BCUT2D eigenvalue weighted by Crippen LogP contribution is -2.45. The second-order valence-corrected chi connectivity index (χ2v) is 5.86. The van der Waals surface area contributed by atoms with Gasteiger partial charge in [0.05, 0.1) is 17.8 Å². The van der Waals surface area contributed by atoms with Crippen LogP contribution in [0.5, 0.6) is 0 Å². The summed E-state index contributed by atoms with van der Waals surface area (Å²) in [7, 11) is 0. The number of hydrogen-bond donors (Lipinski definition) is 2. The van der Waals surface area contributed by atoms with E-state index in [1.54, 1.807) is 12.1 Å². The number of nitriles is 1. The molecule has 1 aromatic carbocycles. The number of carbonyl (C=O) groups is 1. The number of nitrogens with zero attached hydrogens (tertiary/aromatic N) is 1. The largest absolute Gasteiger partial charge is 0.375 e. The van der Waals surface area contributed by atoms with Crippen molar-refractivity contribution in [1.29, 1.82) is 5.26 Å². The van der Waals surface area contributed by atoms with Gasteiger partial charge in [-0.25, -0.2) is 0 Å². The quantitative estimate of drug-likeness (QED) is 0.875. The fourth-order valence-electron chi connectivity index (χ4n) is 1.45. The number of hydrogen-bond acceptors (Lipinski definition) is 3. The van der Waals surface area contributed by atoms with E-state index in [0.717, 1.165) is 10.9 Å². The number of halogens is 1. The Morgan fingerprint density at radius 3 is 2.74 bits per heavy atom. The molecule has 5 heteroatoms. The Labute approximate surface area is 122 Å². The van der Waals surface area contributed by atoms with E-state index in [1.807, 2.05) is 26.8 Å². The minimum atomic E-state index is -0.212. The van der Waals surface area contributed by atoms with Crippen LogP contribution in [-0.2, 0) is 4.79 Å². The SMILES string of the molecule is CCC(C)(C)NC(=O)CNc1ccc(Br)cc1C#N. The van der Waals surface area contributed by atoms with Crippen molar-refractivity contribution in [1.82, 2.24) is 5.32 Å². The molecular formula is C14H18BrN3O. The van der Waals surface area contributed by atoms with Crippen molar-refractivity contribution in [3.63, 3.8) is 0 Å². The number of nitrogens with one attached hydrogen (secondary N) is 2. The molecular weight excluding hydrogens is 306 g/mol. The number of amides is 1. The van der Waals surface area contributed by atoms with E-state index in [1.165, 1.54) is 0 Å².